The van der Waals surface area contributed by atoms with Crippen LogP contribution in [0.2, 0.25) is 0 Å². The summed E-state index contributed by atoms with van der Waals surface area (Å²) in [7, 11) is 0. The predicted molar refractivity (Wildman–Crippen MR) is 52.0 cm³/mol. The Hall–Kier alpha value is 0.170. The molecule has 0 aromatic heterocycles. The van der Waals surface area contributed by atoms with Crippen LogP contribution in [-0.2, 0) is 4.79 Å². The first-order valence-corrected chi connectivity index (χ1v) is 5.04. The van der Waals surface area contributed by atoms with Crippen molar-refractivity contribution in [3.63, 3.8) is 0 Å². The summed E-state index contributed by atoms with van der Waals surface area (Å²) in [5.74, 6) is -0.719. The van der Waals surface area contributed by atoms with Crippen molar-refractivity contribution in [3.05, 3.63) is 9.47 Å². The van der Waals surface area contributed by atoms with Gasteiger partial charge in [0.2, 0.25) is 0 Å². The molecule has 0 bridgehead atoms. The van der Waals surface area contributed by atoms with Gasteiger partial charge >= 0.3 is 5.97 Å². The van der Waals surface area contributed by atoms with Gasteiger partial charge in [0.1, 0.15) is 0 Å². The average Bonchev–Trinajstić information content (AvgIpc) is 1.97. The lowest BCUT2D eigenvalue weighted by molar-refractivity contribution is -0.137. The van der Waals surface area contributed by atoms with Crippen LogP contribution in [0.5, 0.6) is 0 Å². The molecule has 0 saturated carbocycles. The molecule has 0 spiro atoms. The van der Waals surface area contributed by atoms with E-state index in [0.717, 1.165) is 23.7 Å². The minimum Gasteiger partial charge on any atom is -0.481 e. The molecule has 0 aromatic carbocycles. The van der Waals surface area contributed by atoms with Crippen LogP contribution in [0.3, 0.4) is 0 Å². The van der Waals surface area contributed by atoms with E-state index in [1.54, 1.807) is 4.99 Å². The normalized spacial score (nSPS) is 11.6. The van der Waals surface area contributed by atoms with Crippen molar-refractivity contribution < 1.29 is 9.90 Å². The molecule has 64 valence electrons. The number of unbranched alkanes of at least 4 members (excludes halogenated alkanes) is 1. The lowest BCUT2D eigenvalue weighted by Gasteiger charge is -1.95. The SMILES string of the molecule is O=C(O)CCCC/C(Br)=C\Br. The van der Waals surface area contributed by atoms with Crippen molar-refractivity contribution in [1.82, 2.24) is 0 Å². The minimum absolute atomic E-state index is 0.266. The van der Waals surface area contributed by atoms with Crippen LogP contribution < -0.4 is 0 Å². The van der Waals surface area contributed by atoms with E-state index in [2.05, 4.69) is 31.9 Å². The Balaban J connectivity index is 3.21. The highest BCUT2D eigenvalue weighted by atomic mass is 79.9. The van der Waals surface area contributed by atoms with Crippen LogP contribution in [0.15, 0.2) is 9.47 Å². The van der Waals surface area contributed by atoms with Crippen LogP contribution in [0, 0.1) is 0 Å². The third kappa shape index (κ3) is 8.07. The summed E-state index contributed by atoms with van der Waals surface area (Å²) >= 11 is 6.48. The number of rotatable bonds is 5. The number of hydrogen-bond donors (Lipinski definition) is 1. The summed E-state index contributed by atoms with van der Waals surface area (Å²) in [6, 6.07) is 0. The van der Waals surface area contributed by atoms with Gasteiger partial charge in [-0.1, -0.05) is 31.9 Å². The van der Waals surface area contributed by atoms with Gasteiger partial charge in [0, 0.05) is 10.9 Å². The van der Waals surface area contributed by atoms with E-state index in [-0.39, 0.29) is 6.42 Å². The summed E-state index contributed by atoms with van der Waals surface area (Å²) < 4.78 is 1.07. The smallest absolute Gasteiger partial charge is 0.303 e. The van der Waals surface area contributed by atoms with Gasteiger partial charge in [0.15, 0.2) is 0 Å². The van der Waals surface area contributed by atoms with Gasteiger partial charge in [-0.15, -0.1) is 0 Å². The zero-order valence-electron chi connectivity index (χ0n) is 6.02. The van der Waals surface area contributed by atoms with Crippen molar-refractivity contribution >= 4 is 37.8 Å². The number of allylic oxidation sites excluding steroid dienone is 1. The van der Waals surface area contributed by atoms with Gasteiger partial charge in [-0.2, -0.15) is 0 Å². The molecule has 0 saturated heterocycles. The summed E-state index contributed by atoms with van der Waals surface area (Å²) in [4.78, 5) is 11.9. The van der Waals surface area contributed by atoms with Crippen LogP contribution in [0.4, 0.5) is 0 Å². The first kappa shape index (κ1) is 11.2. The number of carbonyl (C=O) groups is 1. The third-order valence-electron chi connectivity index (χ3n) is 1.17. The molecule has 0 aliphatic rings. The molecular weight excluding hydrogens is 276 g/mol. The van der Waals surface area contributed by atoms with Crippen LogP contribution >= 0.6 is 31.9 Å². The molecule has 0 heterocycles. The number of halogens is 2. The van der Waals surface area contributed by atoms with Crippen LogP contribution in [0.25, 0.3) is 0 Å². The van der Waals surface area contributed by atoms with Gasteiger partial charge in [-0.3, -0.25) is 4.79 Å². The molecular formula is C7H10Br2O2. The maximum atomic E-state index is 10.1. The van der Waals surface area contributed by atoms with E-state index >= 15 is 0 Å². The summed E-state index contributed by atoms with van der Waals surface area (Å²) in [5, 5.41) is 8.30. The Kier molecular flexibility index (Phi) is 6.96. The maximum absolute atomic E-state index is 10.1. The van der Waals surface area contributed by atoms with E-state index in [4.69, 9.17) is 5.11 Å². The highest BCUT2D eigenvalue weighted by Crippen LogP contribution is 2.16. The molecule has 1 N–H and O–H groups in total. The van der Waals surface area contributed by atoms with E-state index in [0.29, 0.717) is 0 Å². The Morgan fingerprint density at radius 2 is 1.91 bits per heavy atom. The highest BCUT2D eigenvalue weighted by molar-refractivity contribution is 9.14. The van der Waals surface area contributed by atoms with Crippen molar-refractivity contribution in [3.8, 4) is 0 Å². The second-order valence-corrected chi connectivity index (χ2v) is 3.63. The molecule has 0 fully saturated rings. The molecule has 0 aromatic rings. The quantitative estimate of drug-likeness (QED) is 0.787. The van der Waals surface area contributed by atoms with Crippen LogP contribution in [-0.4, -0.2) is 11.1 Å². The Morgan fingerprint density at radius 3 is 2.36 bits per heavy atom. The van der Waals surface area contributed by atoms with Crippen molar-refractivity contribution in [2.45, 2.75) is 25.7 Å². The van der Waals surface area contributed by atoms with Crippen molar-refractivity contribution in [1.29, 1.82) is 0 Å². The van der Waals surface area contributed by atoms with E-state index in [9.17, 15) is 4.79 Å². The number of aliphatic carboxylic acids is 1. The Morgan fingerprint density at radius 1 is 1.36 bits per heavy atom. The van der Waals surface area contributed by atoms with Gasteiger partial charge in [0.25, 0.3) is 0 Å². The average molecular weight is 286 g/mol. The van der Waals surface area contributed by atoms with Gasteiger partial charge in [-0.25, -0.2) is 0 Å². The standard InChI is InChI=1S/C7H10Br2O2/c8-5-6(9)3-1-2-4-7(10)11/h5H,1-4H2,(H,10,11)/b6-5+. The molecule has 0 atom stereocenters. The third-order valence-corrected chi connectivity index (χ3v) is 2.97. The molecule has 0 radical (unpaired) electrons. The predicted octanol–water partition coefficient (Wildman–Crippen LogP) is 3.26. The molecule has 0 aliphatic heterocycles. The zero-order chi connectivity index (χ0) is 8.69. The number of hydrogen-bond acceptors (Lipinski definition) is 1. The summed E-state index contributed by atoms with van der Waals surface area (Å²) in [6.45, 7) is 0. The van der Waals surface area contributed by atoms with Crippen molar-refractivity contribution in [2.75, 3.05) is 0 Å². The van der Waals surface area contributed by atoms with Gasteiger partial charge in [0.05, 0.1) is 0 Å². The molecule has 2 nitrogen and oxygen atoms in total. The summed E-state index contributed by atoms with van der Waals surface area (Å²) in [6.07, 6.45) is 2.82. The van der Waals surface area contributed by atoms with Gasteiger partial charge in [-0.05, 0) is 24.2 Å². The first-order chi connectivity index (χ1) is 5.16. The molecule has 11 heavy (non-hydrogen) atoms. The van der Waals surface area contributed by atoms with E-state index < -0.39 is 5.97 Å². The number of carboxylic acids is 1. The van der Waals surface area contributed by atoms with E-state index in [1.807, 2.05) is 0 Å². The summed E-state index contributed by atoms with van der Waals surface area (Å²) in [5.41, 5.74) is 0. The van der Waals surface area contributed by atoms with Gasteiger partial charge < -0.3 is 5.11 Å². The molecule has 4 heteroatoms. The molecule has 0 amide bonds. The van der Waals surface area contributed by atoms with Crippen LogP contribution in [0.1, 0.15) is 25.7 Å². The Labute approximate surface area is 82.9 Å². The second kappa shape index (κ2) is 6.85. The maximum Gasteiger partial charge on any atom is 0.303 e. The fraction of sp³-hybridized carbons (Fsp3) is 0.571. The Bertz CT molecular complexity index is 155. The minimum atomic E-state index is -0.719. The molecule has 0 aliphatic carbocycles. The lowest BCUT2D eigenvalue weighted by atomic mass is 10.2. The first-order valence-electron chi connectivity index (χ1n) is 3.33. The monoisotopic (exact) mass is 284 g/mol. The largest absolute Gasteiger partial charge is 0.481 e. The highest BCUT2D eigenvalue weighted by Gasteiger charge is 1.96. The second-order valence-electron chi connectivity index (χ2n) is 2.16. The fourth-order valence-electron chi connectivity index (χ4n) is 0.625. The number of carboxylic acid groups (broad SMARTS) is 1. The van der Waals surface area contributed by atoms with E-state index in [1.165, 1.54) is 0 Å². The topological polar surface area (TPSA) is 37.3 Å². The van der Waals surface area contributed by atoms with Crippen molar-refractivity contribution in [2.24, 2.45) is 0 Å². The molecule has 0 rings (SSSR count). The fourth-order valence-corrected chi connectivity index (χ4v) is 1.13. The zero-order valence-corrected chi connectivity index (χ0v) is 9.19. The molecule has 0 unspecified atom stereocenters. The lowest BCUT2D eigenvalue weighted by Crippen LogP contribution is -1.93.